The van der Waals surface area contributed by atoms with Crippen molar-refractivity contribution >= 4 is 11.8 Å². The SMILES string of the molecule is CCN(CC)[C@@H](C(=O)N1CCC[C@H]1c1ncc(-c2ccc(-c3ccc4c(c3)CCCCc3[nH]c([C@@H]5CCCN5C(=O)[C@@H](c5ccccc5)N(CC)CC)nc3-4)cc2)[nH]1)c1ccccc1. The first kappa shape index (κ1) is 43.4. The van der Waals surface area contributed by atoms with E-state index in [0.717, 1.165) is 136 Å². The third-order valence-corrected chi connectivity index (χ3v) is 14.2. The zero-order valence-electron chi connectivity index (χ0n) is 38.1. The van der Waals surface area contributed by atoms with Crippen molar-refractivity contribution in [3.8, 4) is 33.6 Å². The molecule has 0 unspecified atom stereocenters. The molecule has 9 rings (SSSR count). The summed E-state index contributed by atoms with van der Waals surface area (Å²) in [7, 11) is 0. The topological polar surface area (TPSA) is 104 Å². The van der Waals surface area contributed by atoms with Gasteiger partial charge in [0.1, 0.15) is 23.7 Å². The van der Waals surface area contributed by atoms with E-state index in [2.05, 4.69) is 124 Å². The van der Waals surface area contributed by atoms with Crippen LogP contribution in [0.3, 0.4) is 0 Å². The lowest BCUT2D eigenvalue weighted by Gasteiger charge is -2.34. The largest absolute Gasteiger partial charge is 0.344 e. The lowest BCUT2D eigenvalue weighted by molar-refractivity contribution is -0.139. The average molecular weight is 857 g/mol. The van der Waals surface area contributed by atoms with E-state index >= 15 is 0 Å². The first-order valence-corrected chi connectivity index (χ1v) is 24.0. The molecule has 2 aromatic heterocycles. The number of amides is 2. The molecule has 2 aliphatic heterocycles. The number of H-pyrrole nitrogens is 2. The maximum atomic E-state index is 14.5. The molecule has 4 heterocycles. The Morgan fingerprint density at radius 3 is 1.73 bits per heavy atom. The Kier molecular flexibility index (Phi) is 13.2. The van der Waals surface area contributed by atoms with Crippen LogP contribution in [0.4, 0.5) is 0 Å². The molecule has 10 nitrogen and oxygen atoms in total. The number of fused-ring (bicyclic) bond motifs is 3. The molecule has 2 saturated heterocycles. The van der Waals surface area contributed by atoms with Crippen molar-refractivity contribution in [3.63, 3.8) is 0 Å². The predicted octanol–water partition coefficient (Wildman–Crippen LogP) is 10.5. The number of aromatic nitrogens is 4. The molecular formula is C54H64N8O2. The van der Waals surface area contributed by atoms with Crippen molar-refractivity contribution in [1.29, 1.82) is 0 Å². The molecule has 0 saturated carbocycles. The summed E-state index contributed by atoms with van der Waals surface area (Å²) in [5.74, 6) is 2.08. The van der Waals surface area contributed by atoms with Crippen molar-refractivity contribution in [1.82, 2.24) is 39.5 Å². The highest BCUT2D eigenvalue weighted by Crippen LogP contribution is 2.40. The van der Waals surface area contributed by atoms with Crippen LogP contribution in [0.2, 0.25) is 0 Å². The fraction of sp³-hybridized carbons (Fsp3) is 0.407. The quantitative estimate of drug-likeness (QED) is 0.113. The summed E-state index contributed by atoms with van der Waals surface area (Å²) >= 11 is 0. The summed E-state index contributed by atoms with van der Waals surface area (Å²) in [5.41, 5.74) is 11.2. The van der Waals surface area contributed by atoms with Gasteiger partial charge in [0.15, 0.2) is 0 Å². The monoisotopic (exact) mass is 857 g/mol. The molecule has 4 aromatic carbocycles. The third-order valence-electron chi connectivity index (χ3n) is 14.2. The van der Waals surface area contributed by atoms with E-state index in [-0.39, 0.29) is 36.0 Å². The standard InChI is InChI=1S/C54H64N8O2/c1-5-59(6-2)49(39-19-11-9-12-20-39)53(63)61-33-17-25-46(61)51-55-36-45(57-51)38-29-27-37(28-30-38)41-31-32-43-42(35-41)23-15-16-24-44-48(43)58-52(56-44)47-26-18-34-62(47)54(64)50(60(7-3)8-4)40-21-13-10-14-22-40/h9-14,19-22,27-32,35-36,46-47,49-50H,5-8,15-18,23-26,33-34H2,1-4H3,(H,55,57)(H,56,58)/t46-,47-,49+,50+/m0/s1. The molecule has 4 atom stereocenters. The fourth-order valence-corrected chi connectivity index (χ4v) is 10.7. The molecule has 0 spiro atoms. The van der Waals surface area contributed by atoms with Gasteiger partial charge in [-0.15, -0.1) is 0 Å². The highest BCUT2D eigenvalue weighted by atomic mass is 16.2. The number of likely N-dealkylation sites (tertiary alicyclic amines) is 2. The number of benzene rings is 4. The molecule has 0 bridgehead atoms. The lowest BCUT2D eigenvalue weighted by Crippen LogP contribution is -2.43. The van der Waals surface area contributed by atoms with Crippen LogP contribution in [0.1, 0.15) is 124 Å². The zero-order chi connectivity index (χ0) is 44.2. The number of likely N-dealkylation sites (N-methyl/N-ethyl adjacent to an activating group) is 2. The Morgan fingerprint density at radius 2 is 1.16 bits per heavy atom. The van der Waals surface area contributed by atoms with Crippen molar-refractivity contribution in [2.75, 3.05) is 39.3 Å². The molecule has 3 aliphatic rings. The fourth-order valence-electron chi connectivity index (χ4n) is 10.7. The minimum absolute atomic E-state index is 0.0705. The van der Waals surface area contributed by atoms with Crippen molar-refractivity contribution in [3.05, 3.63) is 143 Å². The van der Waals surface area contributed by atoms with Crippen molar-refractivity contribution in [2.45, 2.75) is 103 Å². The average Bonchev–Trinajstić information content (AvgIpc) is 4.18. The molecule has 64 heavy (non-hydrogen) atoms. The number of imidazole rings is 2. The summed E-state index contributed by atoms with van der Waals surface area (Å²) in [4.78, 5) is 55.1. The number of aryl methyl sites for hydroxylation is 2. The highest BCUT2D eigenvalue weighted by Gasteiger charge is 2.40. The van der Waals surface area contributed by atoms with Crippen LogP contribution in [-0.2, 0) is 22.4 Å². The molecule has 10 heteroatoms. The van der Waals surface area contributed by atoms with Gasteiger partial charge in [0.25, 0.3) is 0 Å². The van der Waals surface area contributed by atoms with Gasteiger partial charge in [-0.2, -0.15) is 0 Å². The summed E-state index contributed by atoms with van der Waals surface area (Å²) in [6.07, 6.45) is 9.77. The summed E-state index contributed by atoms with van der Waals surface area (Å²) < 4.78 is 0. The Bertz CT molecular complexity index is 2510. The summed E-state index contributed by atoms with van der Waals surface area (Å²) in [5, 5.41) is 0. The van der Waals surface area contributed by atoms with Crippen LogP contribution in [0.15, 0.2) is 109 Å². The number of nitrogens with zero attached hydrogens (tertiary/aromatic N) is 6. The van der Waals surface area contributed by atoms with Crippen LogP contribution in [0.25, 0.3) is 33.6 Å². The number of hydrogen-bond donors (Lipinski definition) is 2. The Balaban J connectivity index is 0.927. The van der Waals surface area contributed by atoms with Crippen LogP contribution < -0.4 is 0 Å². The van der Waals surface area contributed by atoms with E-state index in [0.29, 0.717) is 0 Å². The van der Waals surface area contributed by atoms with Gasteiger partial charge in [0, 0.05) is 24.3 Å². The van der Waals surface area contributed by atoms with Gasteiger partial charge in [-0.25, -0.2) is 9.97 Å². The van der Waals surface area contributed by atoms with E-state index in [1.165, 1.54) is 22.4 Å². The van der Waals surface area contributed by atoms with Gasteiger partial charge in [0.2, 0.25) is 11.8 Å². The van der Waals surface area contributed by atoms with Crippen molar-refractivity contribution in [2.24, 2.45) is 0 Å². The Hall–Kier alpha value is -5.84. The minimum atomic E-state index is -0.314. The number of carbonyl (C=O) groups excluding carboxylic acids is 2. The third kappa shape index (κ3) is 8.58. The number of rotatable bonds is 14. The molecule has 6 aromatic rings. The maximum absolute atomic E-state index is 14.5. The van der Waals surface area contributed by atoms with Crippen LogP contribution in [0.5, 0.6) is 0 Å². The minimum Gasteiger partial charge on any atom is -0.344 e. The van der Waals surface area contributed by atoms with E-state index in [1.54, 1.807) is 0 Å². The summed E-state index contributed by atoms with van der Waals surface area (Å²) in [6.45, 7) is 13.2. The zero-order valence-corrected chi connectivity index (χ0v) is 38.1. The molecule has 2 fully saturated rings. The van der Waals surface area contributed by atoms with E-state index in [4.69, 9.17) is 9.97 Å². The van der Waals surface area contributed by atoms with Crippen molar-refractivity contribution < 1.29 is 9.59 Å². The molecular weight excluding hydrogens is 793 g/mol. The molecule has 1 aliphatic carbocycles. The van der Waals surface area contributed by atoms with E-state index < -0.39 is 0 Å². The van der Waals surface area contributed by atoms with Crippen LogP contribution in [0, 0.1) is 0 Å². The second-order valence-electron chi connectivity index (χ2n) is 17.7. The predicted molar refractivity (Wildman–Crippen MR) is 255 cm³/mol. The van der Waals surface area contributed by atoms with Gasteiger partial charge in [0.05, 0.1) is 29.7 Å². The molecule has 0 radical (unpaired) electrons. The van der Waals surface area contributed by atoms with E-state index in [9.17, 15) is 9.59 Å². The summed E-state index contributed by atoms with van der Waals surface area (Å²) in [6, 6.07) is 35.3. The van der Waals surface area contributed by atoms with Gasteiger partial charge in [-0.1, -0.05) is 131 Å². The van der Waals surface area contributed by atoms with Crippen LogP contribution in [-0.4, -0.2) is 90.6 Å². The van der Waals surface area contributed by atoms with Crippen LogP contribution >= 0.6 is 0 Å². The number of nitrogens with one attached hydrogen (secondary N) is 2. The normalized spacial score (nSPS) is 18.5. The first-order valence-electron chi connectivity index (χ1n) is 24.0. The highest BCUT2D eigenvalue weighted by molar-refractivity contribution is 5.85. The maximum Gasteiger partial charge on any atom is 0.245 e. The number of aromatic amines is 2. The smallest absolute Gasteiger partial charge is 0.245 e. The Labute approximate surface area is 379 Å². The van der Waals surface area contributed by atoms with Gasteiger partial charge in [-0.05, 0) is 111 Å². The number of carbonyl (C=O) groups is 2. The molecule has 332 valence electrons. The second kappa shape index (κ2) is 19.5. The van der Waals surface area contributed by atoms with E-state index in [1.807, 2.05) is 42.6 Å². The van der Waals surface area contributed by atoms with Gasteiger partial charge >= 0.3 is 0 Å². The lowest BCUT2D eigenvalue weighted by atomic mass is 9.90. The Morgan fingerprint density at radius 1 is 0.625 bits per heavy atom. The molecule has 2 amide bonds. The van der Waals surface area contributed by atoms with Gasteiger partial charge < -0.3 is 19.8 Å². The second-order valence-corrected chi connectivity index (χ2v) is 17.7. The number of hydrogen-bond acceptors (Lipinski definition) is 6. The van der Waals surface area contributed by atoms with Gasteiger partial charge in [-0.3, -0.25) is 19.4 Å². The first-order chi connectivity index (χ1) is 31.4. The molecule has 2 N–H and O–H groups in total.